The quantitative estimate of drug-likeness (QED) is 0.857. The Labute approximate surface area is 110 Å². The van der Waals surface area contributed by atoms with E-state index in [9.17, 15) is 0 Å². The smallest absolute Gasteiger partial charge is 0.0535 e. The summed E-state index contributed by atoms with van der Waals surface area (Å²) in [4.78, 5) is 2.45. The Balaban J connectivity index is 1.85. The van der Waals surface area contributed by atoms with Gasteiger partial charge in [-0.2, -0.15) is 5.10 Å². The molecule has 2 rings (SSSR count). The van der Waals surface area contributed by atoms with Crippen LogP contribution in [0.1, 0.15) is 44.9 Å². The van der Waals surface area contributed by atoms with Gasteiger partial charge in [-0.15, -0.1) is 0 Å². The van der Waals surface area contributed by atoms with Crippen LogP contribution in [-0.2, 0) is 12.0 Å². The van der Waals surface area contributed by atoms with Gasteiger partial charge in [0.25, 0.3) is 0 Å². The van der Waals surface area contributed by atoms with E-state index in [-0.39, 0.29) is 5.41 Å². The van der Waals surface area contributed by atoms with Gasteiger partial charge in [0.1, 0.15) is 0 Å². The first-order valence-corrected chi connectivity index (χ1v) is 6.92. The molecule has 0 bridgehead atoms. The highest BCUT2D eigenvalue weighted by atomic mass is 15.2. The highest BCUT2D eigenvalue weighted by molar-refractivity contribution is 5.23. The summed E-state index contributed by atoms with van der Waals surface area (Å²) in [6.07, 6.45) is 4.61. The molecule has 1 aliphatic heterocycles. The van der Waals surface area contributed by atoms with Crippen LogP contribution in [0.3, 0.4) is 0 Å². The number of H-pyrrole nitrogens is 1. The van der Waals surface area contributed by atoms with E-state index in [1.54, 1.807) is 0 Å². The predicted octanol–water partition coefficient (Wildman–Crippen LogP) is 1.89. The van der Waals surface area contributed by atoms with Gasteiger partial charge in [0.2, 0.25) is 0 Å². The lowest BCUT2D eigenvalue weighted by Crippen LogP contribution is -2.35. The van der Waals surface area contributed by atoms with Gasteiger partial charge in [-0.3, -0.25) is 5.10 Å². The molecule has 1 aliphatic rings. The zero-order valence-electron chi connectivity index (χ0n) is 12.1. The molecule has 1 saturated heterocycles. The number of hydrogen-bond donors (Lipinski definition) is 2. The van der Waals surface area contributed by atoms with Crippen LogP contribution in [0, 0.1) is 0 Å². The minimum absolute atomic E-state index is 0.137. The maximum Gasteiger partial charge on any atom is 0.0535 e. The van der Waals surface area contributed by atoms with Gasteiger partial charge in [0.05, 0.1) is 6.20 Å². The minimum atomic E-state index is 0.137. The number of hydrogen-bond acceptors (Lipinski definition) is 3. The SMILES string of the molecule is CN1CCC[C@@H]1CNCc1cn[nH]c1C(C)(C)C. The normalized spacial score (nSPS) is 21.7. The molecular weight excluding hydrogens is 224 g/mol. The van der Waals surface area contributed by atoms with Crippen LogP contribution in [0.15, 0.2) is 6.20 Å². The van der Waals surface area contributed by atoms with E-state index in [0.29, 0.717) is 6.04 Å². The summed E-state index contributed by atoms with van der Waals surface area (Å²) in [5, 5.41) is 10.9. The van der Waals surface area contributed by atoms with E-state index in [1.807, 2.05) is 6.20 Å². The van der Waals surface area contributed by atoms with Crippen LogP contribution < -0.4 is 5.32 Å². The largest absolute Gasteiger partial charge is 0.311 e. The lowest BCUT2D eigenvalue weighted by atomic mass is 9.89. The summed E-state index contributed by atoms with van der Waals surface area (Å²) >= 11 is 0. The maximum absolute atomic E-state index is 4.18. The zero-order valence-corrected chi connectivity index (χ0v) is 12.1. The van der Waals surface area contributed by atoms with Gasteiger partial charge in [-0.1, -0.05) is 20.8 Å². The lowest BCUT2D eigenvalue weighted by Gasteiger charge is -2.21. The van der Waals surface area contributed by atoms with Gasteiger partial charge < -0.3 is 10.2 Å². The van der Waals surface area contributed by atoms with Crippen molar-refractivity contribution in [1.82, 2.24) is 20.4 Å². The van der Waals surface area contributed by atoms with Gasteiger partial charge in [0.15, 0.2) is 0 Å². The number of rotatable bonds is 4. The van der Waals surface area contributed by atoms with Crippen molar-refractivity contribution in [2.24, 2.45) is 0 Å². The molecule has 0 unspecified atom stereocenters. The molecule has 1 aromatic heterocycles. The van der Waals surface area contributed by atoms with Crippen molar-refractivity contribution in [3.63, 3.8) is 0 Å². The van der Waals surface area contributed by atoms with Gasteiger partial charge in [-0.05, 0) is 26.4 Å². The van der Waals surface area contributed by atoms with Gasteiger partial charge >= 0.3 is 0 Å². The number of aromatic nitrogens is 2. The molecule has 4 heteroatoms. The van der Waals surface area contributed by atoms with E-state index in [4.69, 9.17) is 0 Å². The third-order valence-corrected chi connectivity index (χ3v) is 3.83. The number of nitrogens with one attached hydrogen (secondary N) is 2. The van der Waals surface area contributed by atoms with Crippen LogP contribution >= 0.6 is 0 Å². The molecule has 0 radical (unpaired) electrons. The molecule has 1 aromatic rings. The topological polar surface area (TPSA) is 44.0 Å². The Morgan fingerprint density at radius 3 is 2.89 bits per heavy atom. The fourth-order valence-electron chi connectivity index (χ4n) is 2.71. The summed E-state index contributed by atoms with van der Waals surface area (Å²) < 4.78 is 0. The number of aromatic amines is 1. The molecular formula is C14H26N4. The third-order valence-electron chi connectivity index (χ3n) is 3.83. The van der Waals surface area contributed by atoms with Crippen molar-refractivity contribution in [3.05, 3.63) is 17.5 Å². The second-order valence-electron chi connectivity index (χ2n) is 6.43. The highest BCUT2D eigenvalue weighted by Crippen LogP contribution is 2.23. The molecule has 0 aliphatic carbocycles. The van der Waals surface area contributed by atoms with E-state index >= 15 is 0 Å². The minimum Gasteiger partial charge on any atom is -0.311 e. The molecule has 2 heterocycles. The monoisotopic (exact) mass is 250 g/mol. The summed E-state index contributed by atoms with van der Waals surface area (Å²) in [7, 11) is 2.22. The third kappa shape index (κ3) is 3.12. The van der Waals surface area contributed by atoms with Crippen molar-refractivity contribution in [2.45, 2.75) is 51.6 Å². The van der Waals surface area contributed by atoms with Gasteiger partial charge in [0, 0.05) is 35.8 Å². The Hall–Kier alpha value is -0.870. The van der Waals surface area contributed by atoms with Crippen LogP contribution in [0.25, 0.3) is 0 Å². The summed E-state index contributed by atoms with van der Waals surface area (Å²) in [5.41, 5.74) is 2.68. The maximum atomic E-state index is 4.18. The standard InChI is InChI=1S/C14H26N4/c1-14(2,3)13-11(9-16-17-13)8-15-10-12-6-5-7-18(12)4/h9,12,15H,5-8,10H2,1-4H3,(H,16,17)/t12-/m1/s1. The Kier molecular flexibility index (Phi) is 4.07. The average Bonchev–Trinajstić information content (AvgIpc) is 2.87. The predicted molar refractivity (Wildman–Crippen MR) is 74.6 cm³/mol. The molecule has 1 atom stereocenters. The second-order valence-corrected chi connectivity index (χ2v) is 6.43. The average molecular weight is 250 g/mol. The van der Waals surface area contributed by atoms with Crippen molar-refractivity contribution < 1.29 is 0 Å². The Bertz CT molecular complexity index is 377. The molecule has 0 spiro atoms. The van der Waals surface area contributed by atoms with Crippen molar-refractivity contribution in [1.29, 1.82) is 0 Å². The van der Waals surface area contributed by atoms with Crippen molar-refractivity contribution in [3.8, 4) is 0 Å². The van der Waals surface area contributed by atoms with E-state index in [1.165, 1.54) is 30.6 Å². The summed E-state index contributed by atoms with van der Waals surface area (Å²) in [6.45, 7) is 9.88. The summed E-state index contributed by atoms with van der Waals surface area (Å²) in [5.74, 6) is 0. The highest BCUT2D eigenvalue weighted by Gasteiger charge is 2.22. The molecule has 1 fully saturated rings. The van der Waals surface area contributed by atoms with E-state index in [0.717, 1.165) is 13.1 Å². The molecule has 0 amide bonds. The van der Waals surface area contributed by atoms with E-state index < -0.39 is 0 Å². The molecule has 4 nitrogen and oxygen atoms in total. The van der Waals surface area contributed by atoms with Gasteiger partial charge in [-0.25, -0.2) is 0 Å². The van der Waals surface area contributed by atoms with E-state index in [2.05, 4.69) is 48.2 Å². The van der Waals surface area contributed by atoms with Crippen LogP contribution in [0.2, 0.25) is 0 Å². The Morgan fingerprint density at radius 1 is 1.50 bits per heavy atom. The van der Waals surface area contributed by atoms with Crippen LogP contribution in [0.4, 0.5) is 0 Å². The molecule has 18 heavy (non-hydrogen) atoms. The number of nitrogens with zero attached hydrogens (tertiary/aromatic N) is 2. The number of likely N-dealkylation sites (tertiary alicyclic amines) is 1. The first-order chi connectivity index (χ1) is 8.48. The first-order valence-electron chi connectivity index (χ1n) is 6.92. The fourth-order valence-corrected chi connectivity index (χ4v) is 2.71. The molecule has 0 aromatic carbocycles. The molecule has 102 valence electrons. The summed E-state index contributed by atoms with van der Waals surface area (Å²) in [6, 6.07) is 0.704. The molecule has 0 saturated carbocycles. The number of likely N-dealkylation sites (N-methyl/N-ethyl adjacent to an activating group) is 1. The molecule has 2 N–H and O–H groups in total. The fraction of sp³-hybridized carbons (Fsp3) is 0.786. The van der Waals surface area contributed by atoms with Crippen LogP contribution in [0.5, 0.6) is 0 Å². The van der Waals surface area contributed by atoms with Crippen molar-refractivity contribution >= 4 is 0 Å². The Morgan fingerprint density at radius 2 is 2.28 bits per heavy atom. The zero-order chi connectivity index (χ0) is 13.2. The van der Waals surface area contributed by atoms with Crippen LogP contribution in [-0.4, -0.2) is 41.3 Å². The second kappa shape index (κ2) is 5.41. The lowest BCUT2D eigenvalue weighted by molar-refractivity contribution is 0.300. The van der Waals surface area contributed by atoms with Crippen molar-refractivity contribution in [2.75, 3.05) is 20.1 Å². The first kappa shape index (κ1) is 13.6.